The van der Waals surface area contributed by atoms with Crippen LogP contribution >= 0.6 is 0 Å². The predicted molar refractivity (Wildman–Crippen MR) is 99.1 cm³/mol. The molecule has 9 heteroatoms. The predicted octanol–water partition coefficient (Wildman–Crippen LogP) is 1.39. The summed E-state index contributed by atoms with van der Waals surface area (Å²) in [7, 11) is -3.88. The summed E-state index contributed by atoms with van der Waals surface area (Å²) in [6.07, 6.45) is -0.838. The second-order valence-electron chi connectivity index (χ2n) is 6.64. The summed E-state index contributed by atoms with van der Waals surface area (Å²) in [6.45, 7) is 4.83. The van der Waals surface area contributed by atoms with Crippen molar-refractivity contribution in [3.8, 4) is 11.8 Å². The SMILES string of the molecule is CC#Cc1ccc(N2CC(CC(C)(C(=O)NO)S(C)(=O)=O)OC2=O)c(C)c1. The second-order valence-corrected chi connectivity index (χ2v) is 9.09. The van der Waals surface area contributed by atoms with Crippen LogP contribution in [0.2, 0.25) is 0 Å². The monoisotopic (exact) mass is 394 g/mol. The maximum absolute atomic E-state index is 12.3. The molecule has 1 heterocycles. The number of rotatable bonds is 5. The number of cyclic esters (lactones) is 1. The summed E-state index contributed by atoms with van der Waals surface area (Å²) < 4.78 is 27.5. The number of nitrogens with zero attached hydrogens (tertiary/aromatic N) is 1. The molecule has 2 atom stereocenters. The van der Waals surface area contributed by atoms with Gasteiger partial charge in [0.2, 0.25) is 0 Å². The van der Waals surface area contributed by atoms with E-state index in [9.17, 15) is 18.0 Å². The molecule has 1 aliphatic heterocycles. The van der Waals surface area contributed by atoms with Crippen LogP contribution < -0.4 is 10.4 Å². The van der Waals surface area contributed by atoms with Gasteiger partial charge in [-0.2, -0.15) is 0 Å². The molecule has 2 rings (SSSR count). The first-order chi connectivity index (χ1) is 12.5. The van der Waals surface area contributed by atoms with E-state index in [1.54, 1.807) is 19.1 Å². The highest BCUT2D eigenvalue weighted by atomic mass is 32.2. The van der Waals surface area contributed by atoms with Gasteiger partial charge in [-0.15, -0.1) is 5.92 Å². The van der Waals surface area contributed by atoms with Gasteiger partial charge in [0.25, 0.3) is 5.91 Å². The van der Waals surface area contributed by atoms with Crippen LogP contribution in [0.5, 0.6) is 0 Å². The molecule has 8 nitrogen and oxygen atoms in total. The number of ether oxygens (including phenoxy) is 1. The number of aryl methyl sites for hydroxylation is 1. The number of hydroxylamine groups is 1. The van der Waals surface area contributed by atoms with Gasteiger partial charge in [-0.1, -0.05) is 5.92 Å². The highest BCUT2D eigenvalue weighted by molar-refractivity contribution is 7.92. The molecular formula is C18H22N2O6S. The molecule has 1 fully saturated rings. The first kappa shape index (κ1) is 20.7. The van der Waals surface area contributed by atoms with Crippen LogP contribution in [0.15, 0.2) is 18.2 Å². The number of hydrogen-bond acceptors (Lipinski definition) is 6. The lowest BCUT2D eigenvalue weighted by Gasteiger charge is -2.27. The zero-order valence-corrected chi connectivity index (χ0v) is 16.4. The van der Waals surface area contributed by atoms with Gasteiger partial charge in [0.05, 0.1) is 12.2 Å². The summed E-state index contributed by atoms with van der Waals surface area (Å²) in [4.78, 5) is 25.6. The molecule has 2 amide bonds. The summed E-state index contributed by atoms with van der Waals surface area (Å²) in [5.74, 6) is 4.66. The average molecular weight is 394 g/mol. The molecule has 0 spiro atoms. The average Bonchev–Trinajstić information content (AvgIpc) is 2.93. The summed E-state index contributed by atoms with van der Waals surface area (Å²) in [5, 5.41) is 8.90. The van der Waals surface area contributed by atoms with Gasteiger partial charge in [0.15, 0.2) is 14.6 Å². The van der Waals surface area contributed by atoms with E-state index in [0.29, 0.717) is 5.69 Å². The Labute approximate surface area is 158 Å². The molecule has 2 unspecified atom stereocenters. The molecule has 0 bridgehead atoms. The van der Waals surface area contributed by atoms with Crippen LogP contribution in [0.1, 0.15) is 31.4 Å². The Morgan fingerprint density at radius 2 is 2.15 bits per heavy atom. The smallest absolute Gasteiger partial charge is 0.414 e. The minimum absolute atomic E-state index is 0.0856. The number of benzene rings is 1. The summed E-state index contributed by atoms with van der Waals surface area (Å²) >= 11 is 0. The van der Waals surface area contributed by atoms with E-state index in [0.717, 1.165) is 17.4 Å². The molecule has 0 saturated carbocycles. The summed E-state index contributed by atoms with van der Waals surface area (Å²) in [6, 6.07) is 5.36. The van der Waals surface area contributed by atoms with Crippen molar-refractivity contribution < 1.29 is 28.0 Å². The maximum atomic E-state index is 12.3. The van der Waals surface area contributed by atoms with E-state index in [-0.39, 0.29) is 13.0 Å². The van der Waals surface area contributed by atoms with Crippen molar-refractivity contribution in [1.29, 1.82) is 0 Å². The van der Waals surface area contributed by atoms with E-state index >= 15 is 0 Å². The zero-order valence-electron chi connectivity index (χ0n) is 15.6. The lowest BCUT2D eigenvalue weighted by Crippen LogP contribution is -2.51. The summed E-state index contributed by atoms with van der Waals surface area (Å²) in [5.41, 5.74) is 3.63. The molecule has 1 saturated heterocycles. The molecule has 2 N–H and O–H groups in total. The van der Waals surface area contributed by atoms with Gasteiger partial charge >= 0.3 is 6.09 Å². The van der Waals surface area contributed by atoms with Crippen LogP contribution in [-0.4, -0.2) is 49.3 Å². The van der Waals surface area contributed by atoms with Gasteiger partial charge in [-0.05, 0) is 44.5 Å². The lowest BCUT2D eigenvalue weighted by atomic mass is 10.0. The zero-order chi connectivity index (χ0) is 20.4. The highest BCUT2D eigenvalue weighted by Gasteiger charge is 2.48. The quantitative estimate of drug-likeness (QED) is 0.443. The van der Waals surface area contributed by atoms with Crippen molar-refractivity contribution in [2.75, 3.05) is 17.7 Å². The Morgan fingerprint density at radius 1 is 1.48 bits per heavy atom. The normalized spacial score (nSPS) is 18.9. The molecular weight excluding hydrogens is 372 g/mol. The Kier molecular flexibility index (Phi) is 5.82. The largest absolute Gasteiger partial charge is 0.444 e. The molecule has 1 aromatic carbocycles. The molecule has 27 heavy (non-hydrogen) atoms. The van der Waals surface area contributed by atoms with Crippen molar-refractivity contribution in [1.82, 2.24) is 5.48 Å². The van der Waals surface area contributed by atoms with Crippen LogP contribution in [0.25, 0.3) is 0 Å². The molecule has 0 radical (unpaired) electrons. The number of nitrogens with one attached hydrogen (secondary N) is 1. The number of carbonyl (C=O) groups excluding carboxylic acids is 2. The van der Waals surface area contributed by atoms with E-state index < -0.39 is 32.7 Å². The molecule has 1 aromatic rings. The molecule has 0 aliphatic carbocycles. The fourth-order valence-electron chi connectivity index (χ4n) is 2.97. The molecule has 0 aromatic heterocycles. The van der Waals surface area contributed by atoms with Crippen molar-refractivity contribution in [3.05, 3.63) is 29.3 Å². The van der Waals surface area contributed by atoms with Gasteiger partial charge in [0, 0.05) is 18.2 Å². The third kappa shape index (κ3) is 4.07. The minimum Gasteiger partial charge on any atom is -0.444 e. The van der Waals surface area contributed by atoms with Crippen molar-refractivity contribution >= 4 is 27.5 Å². The number of hydrogen-bond donors (Lipinski definition) is 2. The standard InChI is InChI=1S/C18H22N2O6S/c1-5-6-13-7-8-15(12(2)9-13)20-11-14(26-17(20)22)10-18(3,16(21)19-23)27(4,24)25/h7-9,14,23H,10-11H2,1-4H3,(H,19,21). The topological polar surface area (TPSA) is 113 Å². The maximum Gasteiger partial charge on any atom is 0.414 e. The van der Waals surface area contributed by atoms with Crippen LogP contribution in [0, 0.1) is 18.8 Å². The Balaban J connectivity index is 2.27. The molecule has 146 valence electrons. The Morgan fingerprint density at radius 3 is 2.67 bits per heavy atom. The minimum atomic E-state index is -3.88. The number of sulfone groups is 1. The number of amides is 2. The second kappa shape index (κ2) is 7.58. The van der Waals surface area contributed by atoms with Crippen LogP contribution in [0.3, 0.4) is 0 Å². The highest BCUT2D eigenvalue weighted by Crippen LogP contribution is 2.31. The van der Waals surface area contributed by atoms with Gasteiger partial charge in [0.1, 0.15) is 6.10 Å². The van der Waals surface area contributed by atoms with Crippen molar-refractivity contribution in [2.45, 2.75) is 38.0 Å². The third-order valence-electron chi connectivity index (χ3n) is 4.65. The fourth-order valence-corrected chi connectivity index (χ4v) is 3.84. The van der Waals surface area contributed by atoms with E-state index in [4.69, 9.17) is 9.94 Å². The van der Waals surface area contributed by atoms with E-state index in [1.165, 1.54) is 17.3 Å². The number of carbonyl (C=O) groups is 2. The fraction of sp³-hybridized carbons (Fsp3) is 0.444. The van der Waals surface area contributed by atoms with Gasteiger partial charge in [-0.3, -0.25) is 14.9 Å². The Hall–Kier alpha value is -2.57. The lowest BCUT2D eigenvalue weighted by molar-refractivity contribution is -0.132. The van der Waals surface area contributed by atoms with E-state index in [2.05, 4.69) is 11.8 Å². The van der Waals surface area contributed by atoms with Crippen molar-refractivity contribution in [2.24, 2.45) is 0 Å². The molecule has 1 aliphatic rings. The van der Waals surface area contributed by atoms with Crippen molar-refractivity contribution in [3.63, 3.8) is 0 Å². The Bertz CT molecular complexity index is 931. The van der Waals surface area contributed by atoms with Crippen LogP contribution in [-0.2, 0) is 19.4 Å². The van der Waals surface area contributed by atoms with E-state index in [1.807, 2.05) is 13.0 Å². The van der Waals surface area contributed by atoms with Gasteiger partial charge in [-0.25, -0.2) is 18.7 Å². The first-order valence-electron chi connectivity index (χ1n) is 8.19. The number of anilines is 1. The van der Waals surface area contributed by atoms with Crippen LogP contribution in [0.4, 0.5) is 10.5 Å². The van der Waals surface area contributed by atoms with Gasteiger partial charge < -0.3 is 4.74 Å². The third-order valence-corrected chi connectivity index (χ3v) is 6.64. The first-order valence-corrected chi connectivity index (χ1v) is 10.1.